The van der Waals surface area contributed by atoms with Crippen LogP contribution >= 0.6 is 0 Å². The Balaban J connectivity index is 1.42. The molecule has 1 saturated heterocycles. The van der Waals surface area contributed by atoms with Crippen molar-refractivity contribution in [3.05, 3.63) is 76.1 Å². The van der Waals surface area contributed by atoms with E-state index >= 15 is 0 Å². The van der Waals surface area contributed by atoms with Crippen LogP contribution in [0.5, 0.6) is 0 Å². The van der Waals surface area contributed by atoms with Crippen LogP contribution in [0.4, 0.5) is 4.39 Å². The Bertz CT molecular complexity index is 1650. The first-order chi connectivity index (χ1) is 17.5. The molecule has 0 spiro atoms. The number of benzene rings is 2. The molecule has 37 heavy (non-hydrogen) atoms. The summed E-state index contributed by atoms with van der Waals surface area (Å²) < 4.78 is 34.2. The molecule has 0 bridgehead atoms. The van der Waals surface area contributed by atoms with E-state index < -0.39 is 21.1 Å². The van der Waals surface area contributed by atoms with Crippen LogP contribution in [0.2, 0.25) is 0 Å². The number of nitrogens with zero attached hydrogens (tertiary/aromatic N) is 3. The summed E-state index contributed by atoms with van der Waals surface area (Å²) >= 11 is 0. The predicted molar refractivity (Wildman–Crippen MR) is 135 cm³/mol. The average Bonchev–Trinajstić information content (AvgIpc) is 3.29. The quantitative estimate of drug-likeness (QED) is 0.315. The highest BCUT2D eigenvalue weighted by Gasteiger charge is 2.35. The van der Waals surface area contributed by atoms with Crippen LogP contribution in [0.25, 0.3) is 22.3 Å². The maximum Gasteiger partial charge on any atom is 0.262 e. The van der Waals surface area contributed by atoms with Crippen molar-refractivity contribution in [3.8, 4) is 11.3 Å². The van der Waals surface area contributed by atoms with Crippen LogP contribution < -0.4 is 5.56 Å². The number of rotatable bonds is 5. The molecule has 10 nitrogen and oxygen atoms in total. The second-order valence-corrected chi connectivity index (χ2v) is 11.5. The number of H-pyrrole nitrogens is 2. The Hall–Kier alpha value is -3.90. The van der Waals surface area contributed by atoms with Gasteiger partial charge in [-0.05, 0) is 54.8 Å². The monoisotopic (exact) mass is 524 g/mol. The van der Waals surface area contributed by atoms with Gasteiger partial charge in [0.1, 0.15) is 16.9 Å². The molecule has 1 fully saturated rings. The topological polar surface area (TPSA) is 156 Å². The molecule has 3 heterocycles. The molecule has 5 rings (SSSR count). The third kappa shape index (κ3) is 4.89. The Morgan fingerprint density at radius 3 is 2.59 bits per heavy atom. The van der Waals surface area contributed by atoms with E-state index in [0.29, 0.717) is 32.9 Å². The fourth-order valence-electron chi connectivity index (χ4n) is 4.76. The number of carbonyl (C=O) groups excluding carboxylic acids is 1. The van der Waals surface area contributed by atoms with E-state index in [9.17, 15) is 23.3 Å². The van der Waals surface area contributed by atoms with Gasteiger partial charge in [-0.3, -0.25) is 14.7 Å². The number of nitrogens with one attached hydrogen (secondary N) is 3. The molecule has 2 aromatic heterocycles. The van der Waals surface area contributed by atoms with Gasteiger partial charge < -0.3 is 15.0 Å². The third-order valence-electron chi connectivity index (χ3n) is 6.71. The van der Waals surface area contributed by atoms with Gasteiger partial charge in [0.05, 0.1) is 26.6 Å². The van der Waals surface area contributed by atoms with Crippen molar-refractivity contribution in [1.29, 1.82) is 4.78 Å². The zero-order chi connectivity index (χ0) is 26.4. The average molecular weight is 525 g/mol. The van der Waals surface area contributed by atoms with Crippen molar-refractivity contribution in [3.63, 3.8) is 0 Å². The number of carbonyl (C=O) groups is 1. The Morgan fingerprint density at radius 2 is 1.92 bits per heavy atom. The standard InChI is InChI=1S/C25H25FN6O4S/c1-37(27,36)19-7-4-16(21-20-22(31-30-21)28-14-29-23(20)33)12-17(19)13-25(35)8-10-32(11-9-25)24(34)15-2-5-18(26)6-3-15/h2-7,12,14,27,35H,8-11,13H2,1H3,(H2,28,29,30,31,33). The number of halogens is 1. The van der Waals surface area contributed by atoms with Crippen molar-refractivity contribution >= 4 is 26.7 Å². The second-order valence-electron chi connectivity index (χ2n) is 9.39. The first kappa shape index (κ1) is 24.8. The number of amides is 1. The van der Waals surface area contributed by atoms with Gasteiger partial charge in [-0.1, -0.05) is 6.07 Å². The van der Waals surface area contributed by atoms with Crippen molar-refractivity contribution < 1.29 is 18.5 Å². The second kappa shape index (κ2) is 9.20. The third-order valence-corrected chi connectivity index (χ3v) is 7.95. The maximum atomic E-state index is 13.2. The number of likely N-dealkylation sites (tertiary alicyclic amines) is 1. The fourth-order valence-corrected chi connectivity index (χ4v) is 5.71. The zero-order valence-electron chi connectivity index (χ0n) is 20.0. The van der Waals surface area contributed by atoms with Gasteiger partial charge >= 0.3 is 0 Å². The van der Waals surface area contributed by atoms with Crippen molar-refractivity contribution in [1.82, 2.24) is 25.1 Å². The minimum atomic E-state index is -3.13. The first-order valence-electron chi connectivity index (χ1n) is 11.6. The summed E-state index contributed by atoms with van der Waals surface area (Å²) in [5, 5.41) is 18.7. The number of piperidine rings is 1. The van der Waals surface area contributed by atoms with Gasteiger partial charge in [0.25, 0.3) is 11.5 Å². The molecular formula is C25H25FN6O4S. The number of hydrogen-bond donors (Lipinski definition) is 4. The van der Waals surface area contributed by atoms with Crippen LogP contribution in [0, 0.1) is 10.6 Å². The molecule has 1 amide bonds. The number of fused-ring (bicyclic) bond motifs is 1. The lowest BCUT2D eigenvalue weighted by Gasteiger charge is -2.38. The van der Waals surface area contributed by atoms with E-state index in [4.69, 9.17) is 4.78 Å². The molecule has 12 heteroatoms. The summed E-state index contributed by atoms with van der Waals surface area (Å²) in [6, 6.07) is 10.2. The zero-order valence-corrected chi connectivity index (χ0v) is 20.8. The van der Waals surface area contributed by atoms with E-state index in [-0.39, 0.29) is 49.2 Å². The van der Waals surface area contributed by atoms with Crippen LogP contribution in [0.15, 0.2) is 58.5 Å². The highest BCUT2D eigenvalue weighted by atomic mass is 32.2. The van der Waals surface area contributed by atoms with Crippen LogP contribution in [0.1, 0.15) is 28.8 Å². The Labute approximate surface area is 211 Å². The number of hydrogen-bond acceptors (Lipinski definition) is 7. The number of aliphatic hydroxyl groups is 1. The molecule has 4 aromatic rings. The highest BCUT2D eigenvalue weighted by molar-refractivity contribution is 7.91. The molecule has 1 unspecified atom stereocenters. The molecule has 0 saturated carbocycles. The lowest BCUT2D eigenvalue weighted by Crippen LogP contribution is -2.47. The minimum Gasteiger partial charge on any atom is -0.389 e. The largest absolute Gasteiger partial charge is 0.389 e. The van der Waals surface area contributed by atoms with Crippen molar-refractivity contribution in [2.75, 3.05) is 19.3 Å². The van der Waals surface area contributed by atoms with Crippen LogP contribution in [0.3, 0.4) is 0 Å². The van der Waals surface area contributed by atoms with Crippen molar-refractivity contribution in [2.24, 2.45) is 0 Å². The summed E-state index contributed by atoms with van der Waals surface area (Å²) in [6.07, 6.45) is 3.23. The van der Waals surface area contributed by atoms with E-state index in [1.807, 2.05) is 0 Å². The summed E-state index contributed by atoms with van der Waals surface area (Å²) in [6.45, 7) is 0.574. The maximum absolute atomic E-state index is 13.2. The molecule has 192 valence electrons. The smallest absolute Gasteiger partial charge is 0.262 e. The van der Waals surface area contributed by atoms with Gasteiger partial charge in [-0.25, -0.2) is 18.4 Å². The number of aromatic nitrogens is 4. The molecule has 4 N–H and O–H groups in total. The molecular weight excluding hydrogens is 499 g/mol. The first-order valence-corrected chi connectivity index (χ1v) is 13.6. The molecule has 1 atom stereocenters. The molecule has 1 aliphatic heterocycles. The SMILES string of the molecule is CS(=N)(=O)c1ccc(-c2n[nH]c3nc[nH]c(=O)c23)cc1CC1(O)CCN(C(=O)c2ccc(F)cc2)CC1. The van der Waals surface area contributed by atoms with Gasteiger partial charge in [-0.2, -0.15) is 5.10 Å². The highest BCUT2D eigenvalue weighted by Crippen LogP contribution is 2.33. The minimum absolute atomic E-state index is 0.107. The lowest BCUT2D eigenvalue weighted by molar-refractivity contribution is -0.0166. The summed E-state index contributed by atoms with van der Waals surface area (Å²) in [5.74, 6) is -0.662. The van der Waals surface area contributed by atoms with Gasteiger partial charge in [-0.15, -0.1) is 0 Å². The fraction of sp³-hybridized carbons (Fsp3) is 0.280. The molecule has 0 aliphatic carbocycles. The van der Waals surface area contributed by atoms with Gasteiger partial charge in [0.2, 0.25) is 0 Å². The van der Waals surface area contributed by atoms with Gasteiger partial charge in [0, 0.05) is 36.9 Å². The molecule has 0 radical (unpaired) electrons. The predicted octanol–water partition coefficient (Wildman–Crippen LogP) is 2.70. The number of aromatic amines is 2. The van der Waals surface area contributed by atoms with Crippen LogP contribution in [-0.4, -0.2) is 65.2 Å². The summed E-state index contributed by atoms with van der Waals surface area (Å²) in [7, 11) is -3.13. The Kier molecular flexibility index (Phi) is 6.16. The summed E-state index contributed by atoms with van der Waals surface area (Å²) in [5.41, 5.74) is 0.549. The Morgan fingerprint density at radius 1 is 1.22 bits per heavy atom. The molecule has 2 aromatic carbocycles. The van der Waals surface area contributed by atoms with E-state index in [1.54, 1.807) is 23.1 Å². The molecule has 1 aliphatic rings. The lowest BCUT2D eigenvalue weighted by atomic mass is 9.84. The van der Waals surface area contributed by atoms with E-state index in [0.717, 1.165) is 0 Å². The normalized spacial score (nSPS) is 17.0. The van der Waals surface area contributed by atoms with Crippen LogP contribution in [-0.2, 0) is 16.1 Å². The summed E-state index contributed by atoms with van der Waals surface area (Å²) in [4.78, 5) is 33.7. The van der Waals surface area contributed by atoms with E-state index in [1.165, 1.54) is 36.8 Å². The van der Waals surface area contributed by atoms with Gasteiger partial charge in [0.15, 0.2) is 5.65 Å². The van der Waals surface area contributed by atoms with Crippen molar-refractivity contribution in [2.45, 2.75) is 29.8 Å². The van der Waals surface area contributed by atoms with E-state index in [2.05, 4.69) is 20.2 Å².